The van der Waals surface area contributed by atoms with Crippen molar-refractivity contribution in [2.24, 2.45) is 0 Å². The molecule has 84 valence electrons. The van der Waals surface area contributed by atoms with Gasteiger partial charge in [0.1, 0.15) is 5.60 Å². The van der Waals surface area contributed by atoms with Crippen LogP contribution in [0.5, 0.6) is 0 Å². The lowest BCUT2D eigenvalue weighted by atomic mass is 9.86. The predicted octanol–water partition coefficient (Wildman–Crippen LogP) is 1.89. The third kappa shape index (κ3) is 4.14. The normalized spacial score (nSPS) is 20.1. The van der Waals surface area contributed by atoms with E-state index < -0.39 is 17.5 Å². The standard InChI is InChI=1S/C11H16O4/c1-11(7-3-2-4-8-11)15-10(14)6-5-9(12)13/h5-6H,2-4,7-8H2,1H3,(H,12,13)/b6-5-. The van der Waals surface area contributed by atoms with Crippen LogP contribution in [0.25, 0.3) is 0 Å². The van der Waals surface area contributed by atoms with Crippen molar-refractivity contribution >= 4 is 11.9 Å². The lowest BCUT2D eigenvalue weighted by Gasteiger charge is -2.32. The highest BCUT2D eigenvalue weighted by Gasteiger charge is 2.29. The van der Waals surface area contributed by atoms with Gasteiger partial charge in [0.25, 0.3) is 0 Å². The molecule has 0 radical (unpaired) electrons. The van der Waals surface area contributed by atoms with Gasteiger partial charge in [-0.05, 0) is 32.6 Å². The minimum Gasteiger partial charge on any atom is -0.478 e. The maximum Gasteiger partial charge on any atom is 0.331 e. The molecule has 1 aliphatic rings. The lowest BCUT2D eigenvalue weighted by Crippen LogP contribution is -2.33. The van der Waals surface area contributed by atoms with Gasteiger partial charge in [0, 0.05) is 12.2 Å². The van der Waals surface area contributed by atoms with E-state index in [9.17, 15) is 9.59 Å². The molecule has 1 aliphatic carbocycles. The van der Waals surface area contributed by atoms with Crippen LogP contribution >= 0.6 is 0 Å². The van der Waals surface area contributed by atoms with Crippen molar-refractivity contribution in [2.45, 2.75) is 44.6 Å². The van der Waals surface area contributed by atoms with Crippen LogP contribution in [0.3, 0.4) is 0 Å². The van der Waals surface area contributed by atoms with Gasteiger partial charge in [0.05, 0.1) is 0 Å². The molecule has 0 saturated heterocycles. The number of carboxylic acids is 1. The smallest absolute Gasteiger partial charge is 0.331 e. The number of hydrogen-bond acceptors (Lipinski definition) is 3. The SMILES string of the molecule is CC1(OC(=O)/C=C\C(=O)O)CCCCC1. The summed E-state index contributed by atoms with van der Waals surface area (Å²) in [6.45, 7) is 1.90. The summed E-state index contributed by atoms with van der Waals surface area (Å²) < 4.78 is 5.24. The third-order valence-corrected chi connectivity index (χ3v) is 2.62. The summed E-state index contributed by atoms with van der Waals surface area (Å²) in [5.41, 5.74) is -0.405. The zero-order valence-corrected chi connectivity index (χ0v) is 8.86. The number of rotatable bonds is 3. The molecule has 1 saturated carbocycles. The summed E-state index contributed by atoms with van der Waals surface area (Å²) in [6.07, 6.45) is 6.78. The van der Waals surface area contributed by atoms with Crippen molar-refractivity contribution in [1.82, 2.24) is 0 Å². The monoisotopic (exact) mass is 212 g/mol. The zero-order valence-electron chi connectivity index (χ0n) is 8.86. The molecule has 1 fully saturated rings. The van der Waals surface area contributed by atoms with Crippen LogP contribution in [-0.4, -0.2) is 22.6 Å². The molecule has 4 nitrogen and oxygen atoms in total. The average molecular weight is 212 g/mol. The van der Waals surface area contributed by atoms with E-state index in [2.05, 4.69) is 0 Å². The molecule has 0 spiro atoms. The average Bonchev–Trinajstić information content (AvgIpc) is 2.15. The number of esters is 1. The van der Waals surface area contributed by atoms with Gasteiger partial charge in [0.2, 0.25) is 0 Å². The lowest BCUT2D eigenvalue weighted by molar-refractivity contribution is -0.155. The van der Waals surface area contributed by atoms with Crippen molar-refractivity contribution in [1.29, 1.82) is 0 Å². The van der Waals surface area contributed by atoms with Crippen LogP contribution in [0.2, 0.25) is 0 Å². The summed E-state index contributed by atoms with van der Waals surface area (Å²) in [6, 6.07) is 0. The van der Waals surface area contributed by atoms with Crippen LogP contribution in [0.15, 0.2) is 12.2 Å². The Morgan fingerprint density at radius 3 is 2.33 bits per heavy atom. The molecule has 15 heavy (non-hydrogen) atoms. The van der Waals surface area contributed by atoms with Crippen molar-refractivity contribution in [3.05, 3.63) is 12.2 Å². The highest BCUT2D eigenvalue weighted by atomic mass is 16.6. The molecular formula is C11H16O4. The Balaban J connectivity index is 2.45. The highest BCUT2D eigenvalue weighted by molar-refractivity contribution is 5.90. The van der Waals surface area contributed by atoms with Gasteiger partial charge < -0.3 is 9.84 Å². The van der Waals surface area contributed by atoms with E-state index in [1.807, 2.05) is 6.92 Å². The van der Waals surface area contributed by atoms with Gasteiger partial charge in [0.15, 0.2) is 0 Å². The fraction of sp³-hybridized carbons (Fsp3) is 0.636. The summed E-state index contributed by atoms with van der Waals surface area (Å²) in [5.74, 6) is -1.71. The number of aliphatic carboxylic acids is 1. The summed E-state index contributed by atoms with van der Waals surface area (Å²) in [7, 11) is 0. The minimum absolute atomic E-state index is 0.405. The van der Waals surface area contributed by atoms with E-state index in [-0.39, 0.29) is 0 Å². The van der Waals surface area contributed by atoms with Gasteiger partial charge >= 0.3 is 11.9 Å². The highest BCUT2D eigenvalue weighted by Crippen LogP contribution is 2.31. The van der Waals surface area contributed by atoms with E-state index in [4.69, 9.17) is 9.84 Å². The van der Waals surface area contributed by atoms with E-state index in [1.54, 1.807) is 0 Å². The fourth-order valence-corrected chi connectivity index (χ4v) is 1.82. The van der Waals surface area contributed by atoms with Gasteiger partial charge in [-0.2, -0.15) is 0 Å². The van der Waals surface area contributed by atoms with Crippen LogP contribution < -0.4 is 0 Å². The van der Waals surface area contributed by atoms with Gasteiger partial charge in [-0.15, -0.1) is 0 Å². The maximum atomic E-state index is 11.2. The molecule has 0 bridgehead atoms. The largest absolute Gasteiger partial charge is 0.478 e. The van der Waals surface area contributed by atoms with Gasteiger partial charge in [-0.1, -0.05) is 6.42 Å². The van der Waals surface area contributed by atoms with E-state index in [0.717, 1.165) is 37.8 Å². The Labute approximate surface area is 88.9 Å². The summed E-state index contributed by atoms with van der Waals surface area (Å²) >= 11 is 0. The molecule has 0 aromatic heterocycles. The predicted molar refractivity (Wildman–Crippen MR) is 54.4 cm³/mol. The molecule has 1 rings (SSSR count). The minimum atomic E-state index is -1.14. The Kier molecular flexibility index (Phi) is 3.88. The Morgan fingerprint density at radius 2 is 1.80 bits per heavy atom. The van der Waals surface area contributed by atoms with Crippen molar-refractivity contribution < 1.29 is 19.4 Å². The molecule has 0 aromatic rings. The molecule has 0 aliphatic heterocycles. The second-order valence-electron chi connectivity index (χ2n) is 4.10. The van der Waals surface area contributed by atoms with Crippen molar-refractivity contribution in [3.8, 4) is 0 Å². The first-order valence-electron chi connectivity index (χ1n) is 5.16. The number of carbonyl (C=O) groups is 2. The van der Waals surface area contributed by atoms with E-state index in [1.165, 1.54) is 6.42 Å². The number of ether oxygens (including phenoxy) is 1. The van der Waals surface area contributed by atoms with Crippen molar-refractivity contribution in [2.75, 3.05) is 0 Å². The third-order valence-electron chi connectivity index (χ3n) is 2.62. The Hall–Kier alpha value is -1.32. The van der Waals surface area contributed by atoms with Crippen LogP contribution in [0.1, 0.15) is 39.0 Å². The van der Waals surface area contributed by atoms with Crippen LogP contribution in [0, 0.1) is 0 Å². The van der Waals surface area contributed by atoms with Crippen molar-refractivity contribution in [3.63, 3.8) is 0 Å². The first kappa shape index (κ1) is 11.8. The molecule has 0 amide bonds. The zero-order chi connectivity index (χ0) is 11.3. The van der Waals surface area contributed by atoms with E-state index >= 15 is 0 Å². The maximum absolute atomic E-state index is 11.2. The summed E-state index contributed by atoms with van der Waals surface area (Å²) in [4.78, 5) is 21.4. The summed E-state index contributed by atoms with van der Waals surface area (Å²) in [5, 5.41) is 8.34. The second-order valence-corrected chi connectivity index (χ2v) is 4.10. The Morgan fingerprint density at radius 1 is 1.20 bits per heavy atom. The van der Waals surface area contributed by atoms with Gasteiger partial charge in [-0.25, -0.2) is 9.59 Å². The van der Waals surface area contributed by atoms with Crippen LogP contribution in [-0.2, 0) is 14.3 Å². The Bertz CT molecular complexity index is 274. The first-order valence-corrected chi connectivity index (χ1v) is 5.16. The molecular weight excluding hydrogens is 196 g/mol. The van der Waals surface area contributed by atoms with Gasteiger partial charge in [-0.3, -0.25) is 0 Å². The molecule has 0 unspecified atom stereocenters. The molecule has 4 heteroatoms. The molecule has 0 atom stereocenters. The second kappa shape index (κ2) is 4.96. The molecule has 0 aromatic carbocycles. The topological polar surface area (TPSA) is 63.6 Å². The first-order chi connectivity index (χ1) is 7.02. The van der Waals surface area contributed by atoms with Crippen LogP contribution in [0.4, 0.5) is 0 Å². The quantitative estimate of drug-likeness (QED) is 0.573. The number of carboxylic acid groups (broad SMARTS) is 1. The fourth-order valence-electron chi connectivity index (χ4n) is 1.82. The molecule has 0 heterocycles. The number of hydrogen-bond donors (Lipinski definition) is 1. The number of carbonyl (C=O) groups excluding carboxylic acids is 1. The van der Waals surface area contributed by atoms with E-state index in [0.29, 0.717) is 0 Å². The molecule has 1 N–H and O–H groups in total.